The smallest absolute Gasteiger partial charge is 0.255 e. The summed E-state index contributed by atoms with van der Waals surface area (Å²) >= 11 is 0. The minimum absolute atomic E-state index is 0.0553. The van der Waals surface area contributed by atoms with Crippen LogP contribution in [0.1, 0.15) is 35.2 Å². The van der Waals surface area contributed by atoms with Crippen LogP contribution in [0.3, 0.4) is 0 Å². The number of carbonyl (C=O) groups is 2. The number of pyridine rings is 1. The van der Waals surface area contributed by atoms with Crippen LogP contribution in [0.15, 0.2) is 60.8 Å². The van der Waals surface area contributed by atoms with Crippen LogP contribution in [-0.2, 0) is 4.79 Å². The molecule has 3 aromatic rings. The molecule has 1 aliphatic rings. The van der Waals surface area contributed by atoms with E-state index in [-0.39, 0.29) is 17.7 Å². The molecule has 2 N–H and O–H groups in total. The Morgan fingerprint density at radius 3 is 2.40 bits per heavy atom. The highest BCUT2D eigenvalue weighted by atomic mass is 19.1. The lowest BCUT2D eigenvalue weighted by molar-refractivity contribution is -0.122. The number of halogens is 1. The van der Waals surface area contributed by atoms with Crippen molar-refractivity contribution in [2.45, 2.75) is 26.2 Å². The molecule has 0 spiro atoms. The van der Waals surface area contributed by atoms with Gasteiger partial charge in [0, 0.05) is 22.7 Å². The lowest BCUT2D eigenvalue weighted by atomic mass is 9.85. The average molecular weight is 403 g/mol. The number of rotatable bonds is 5. The Balaban J connectivity index is 1.42. The predicted octanol–water partition coefficient (Wildman–Crippen LogP) is 5.19. The van der Waals surface area contributed by atoms with Crippen molar-refractivity contribution >= 4 is 23.2 Å². The van der Waals surface area contributed by atoms with Crippen LogP contribution in [0.4, 0.5) is 15.8 Å². The van der Waals surface area contributed by atoms with Gasteiger partial charge in [-0.15, -0.1) is 0 Å². The Morgan fingerprint density at radius 1 is 1.00 bits per heavy atom. The summed E-state index contributed by atoms with van der Waals surface area (Å²) in [6.45, 7) is 1.81. The van der Waals surface area contributed by atoms with Crippen LogP contribution < -0.4 is 10.6 Å². The summed E-state index contributed by atoms with van der Waals surface area (Å²) in [5.74, 6) is -0.527. The van der Waals surface area contributed by atoms with Gasteiger partial charge >= 0.3 is 0 Å². The Bertz CT molecular complexity index is 1070. The van der Waals surface area contributed by atoms with E-state index in [1.165, 1.54) is 12.1 Å². The summed E-state index contributed by atoms with van der Waals surface area (Å²) in [6, 6.07) is 15.0. The third-order valence-corrected chi connectivity index (χ3v) is 5.40. The Labute approximate surface area is 174 Å². The molecule has 1 fully saturated rings. The third-order valence-electron chi connectivity index (χ3n) is 5.40. The first-order chi connectivity index (χ1) is 14.5. The second-order valence-electron chi connectivity index (χ2n) is 7.54. The van der Waals surface area contributed by atoms with Gasteiger partial charge < -0.3 is 10.6 Å². The molecule has 152 valence electrons. The molecule has 0 saturated heterocycles. The lowest BCUT2D eigenvalue weighted by Crippen LogP contribution is -2.28. The number of anilines is 2. The van der Waals surface area contributed by atoms with Gasteiger partial charge in [-0.1, -0.05) is 24.6 Å². The highest BCUT2D eigenvalue weighted by Gasteiger charge is 2.25. The quantitative estimate of drug-likeness (QED) is 0.616. The maximum Gasteiger partial charge on any atom is 0.255 e. The number of carbonyl (C=O) groups excluding carboxylic acids is 2. The monoisotopic (exact) mass is 403 g/mol. The highest BCUT2D eigenvalue weighted by molar-refractivity contribution is 6.04. The number of nitrogens with zero attached hydrogens (tertiary/aromatic N) is 1. The molecule has 0 aliphatic heterocycles. The van der Waals surface area contributed by atoms with E-state index in [1.54, 1.807) is 24.4 Å². The maximum absolute atomic E-state index is 13.4. The molecule has 1 saturated carbocycles. The van der Waals surface area contributed by atoms with E-state index in [0.717, 1.165) is 36.1 Å². The Kier molecular flexibility index (Phi) is 5.57. The number of hydrogen-bond donors (Lipinski definition) is 2. The fraction of sp³-hybridized carbons (Fsp3) is 0.208. The Morgan fingerprint density at radius 2 is 1.77 bits per heavy atom. The molecule has 1 heterocycles. The number of benzene rings is 2. The van der Waals surface area contributed by atoms with Crippen LogP contribution in [0.5, 0.6) is 0 Å². The summed E-state index contributed by atoms with van der Waals surface area (Å²) in [5, 5.41) is 5.63. The molecule has 5 nitrogen and oxygen atoms in total. The van der Waals surface area contributed by atoms with E-state index in [1.807, 2.05) is 31.2 Å². The second-order valence-corrected chi connectivity index (χ2v) is 7.54. The number of amides is 2. The first kappa shape index (κ1) is 19.8. The van der Waals surface area contributed by atoms with Crippen molar-refractivity contribution < 1.29 is 14.0 Å². The average Bonchev–Trinajstić information content (AvgIpc) is 2.70. The van der Waals surface area contributed by atoms with Crippen molar-refractivity contribution in [1.82, 2.24) is 4.98 Å². The van der Waals surface area contributed by atoms with E-state index >= 15 is 0 Å². The molecule has 6 heteroatoms. The van der Waals surface area contributed by atoms with E-state index in [0.29, 0.717) is 16.9 Å². The minimum atomic E-state index is -0.398. The fourth-order valence-electron chi connectivity index (χ4n) is 3.27. The fourth-order valence-corrected chi connectivity index (χ4v) is 3.27. The van der Waals surface area contributed by atoms with Gasteiger partial charge in [0.25, 0.3) is 5.91 Å². The first-order valence-corrected chi connectivity index (χ1v) is 9.94. The third kappa shape index (κ3) is 4.38. The second kappa shape index (κ2) is 8.45. The maximum atomic E-state index is 13.4. The summed E-state index contributed by atoms with van der Waals surface area (Å²) in [5.41, 5.74) is 3.97. The number of aromatic nitrogens is 1. The van der Waals surface area contributed by atoms with Crippen molar-refractivity contribution in [2.24, 2.45) is 5.92 Å². The highest BCUT2D eigenvalue weighted by Crippen LogP contribution is 2.28. The number of nitrogens with one attached hydrogen (secondary N) is 2. The predicted molar refractivity (Wildman–Crippen MR) is 115 cm³/mol. The van der Waals surface area contributed by atoms with Gasteiger partial charge in [0.1, 0.15) is 5.82 Å². The van der Waals surface area contributed by atoms with Crippen LogP contribution in [-0.4, -0.2) is 16.8 Å². The van der Waals surface area contributed by atoms with Crippen LogP contribution in [0.25, 0.3) is 11.3 Å². The van der Waals surface area contributed by atoms with E-state index < -0.39 is 5.82 Å². The zero-order chi connectivity index (χ0) is 21.1. The van der Waals surface area contributed by atoms with Crippen molar-refractivity contribution in [3.8, 4) is 11.3 Å². The normalized spacial score (nSPS) is 13.4. The molecule has 1 aliphatic carbocycles. The van der Waals surface area contributed by atoms with Crippen LogP contribution in [0.2, 0.25) is 0 Å². The first-order valence-electron chi connectivity index (χ1n) is 9.94. The standard InChI is InChI=1S/C24H22FN3O2/c1-15-5-10-19(25)13-22(15)28-24(30)18-8-6-16(7-9-18)21-12-11-20(14-26-21)27-23(29)17-3-2-4-17/h5-14,17H,2-4H2,1H3,(H,27,29)(H,28,30). The van der Waals surface area contributed by atoms with E-state index in [9.17, 15) is 14.0 Å². The molecule has 1 aromatic heterocycles. The van der Waals surface area contributed by atoms with Gasteiger partial charge in [-0.3, -0.25) is 14.6 Å². The van der Waals surface area contributed by atoms with E-state index in [4.69, 9.17) is 0 Å². The van der Waals surface area contributed by atoms with Gasteiger partial charge in [0.15, 0.2) is 0 Å². The molecule has 0 bridgehead atoms. The summed E-state index contributed by atoms with van der Waals surface area (Å²) in [4.78, 5) is 28.9. The molecule has 0 radical (unpaired) electrons. The number of aryl methyl sites for hydroxylation is 1. The lowest BCUT2D eigenvalue weighted by Gasteiger charge is -2.23. The van der Waals surface area contributed by atoms with Gasteiger partial charge in [0.05, 0.1) is 17.6 Å². The molecule has 4 rings (SSSR count). The largest absolute Gasteiger partial charge is 0.324 e. The van der Waals surface area contributed by atoms with Crippen molar-refractivity contribution in [3.05, 3.63) is 77.7 Å². The molecule has 30 heavy (non-hydrogen) atoms. The molecule has 0 atom stereocenters. The molecular weight excluding hydrogens is 381 g/mol. The van der Waals surface area contributed by atoms with Crippen molar-refractivity contribution in [3.63, 3.8) is 0 Å². The van der Waals surface area contributed by atoms with E-state index in [2.05, 4.69) is 15.6 Å². The van der Waals surface area contributed by atoms with Crippen LogP contribution >= 0.6 is 0 Å². The van der Waals surface area contributed by atoms with Crippen molar-refractivity contribution in [2.75, 3.05) is 10.6 Å². The Hall–Kier alpha value is -3.54. The minimum Gasteiger partial charge on any atom is -0.324 e. The molecule has 0 unspecified atom stereocenters. The summed E-state index contributed by atoms with van der Waals surface area (Å²) in [7, 11) is 0. The zero-order valence-corrected chi connectivity index (χ0v) is 16.6. The SMILES string of the molecule is Cc1ccc(F)cc1NC(=O)c1ccc(-c2ccc(NC(=O)C3CCC3)cn2)cc1. The van der Waals surface area contributed by atoms with Crippen molar-refractivity contribution in [1.29, 1.82) is 0 Å². The topological polar surface area (TPSA) is 71.1 Å². The molecular formula is C24H22FN3O2. The molecule has 2 aromatic carbocycles. The number of hydrogen-bond acceptors (Lipinski definition) is 3. The van der Waals surface area contributed by atoms with Crippen LogP contribution in [0, 0.1) is 18.7 Å². The van der Waals surface area contributed by atoms with Gasteiger partial charge in [-0.25, -0.2) is 4.39 Å². The van der Waals surface area contributed by atoms with Gasteiger partial charge in [0.2, 0.25) is 5.91 Å². The summed E-state index contributed by atoms with van der Waals surface area (Å²) in [6.07, 6.45) is 4.66. The summed E-state index contributed by atoms with van der Waals surface area (Å²) < 4.78 is 13.4. The van der Waals surface area contributed by atoms with Gasteiger partial charge in [-0.05, 0) is 61.7 Å². The van der Waals surface area contributed by atoms with Gasteiger partial charge in [-0.2, -0.15) is 0 Å². The molecule has 2 amide bonds. The zero-order valence-electron chi connectivity index (χ0n) is 16.6.